The van der Waals surface area contributed by atoms with Gasteiger partial charge in [-0.2, -0.15) is 5.26 Å². The van der Waals surface area contributed by atoms with E-state index in [1.807, 2.05) is 6.07 Å². The van der Waals surface area contributed by atoms with Crippen molar-refractivity contribution in [2.75, 3.05) is 18.6 Å². The second-order valence-corrected chi connectivity index (χ2v) is 6.36. The third-order valence-electron chi connectivity index (χ3n) is 5.10. The Bertz CT molecular complexity index is 847. The molecular weight excluding hydrogens is 326 g/mol. The van der Waals surface area contributed by atoms with E-state index in [0.717, 1.165) is 4.90 Å². The highest BCUT2D eigenvalue weighted by Gasteiger charge is 2.63. The predicted octanol–water partition coefficient (Wildman–Crippen LogP) is 0.622. The molecule has 128 valence electrons. The number of fused-ring (bicyclic) bond motifs is 5. The van der Waals surface area contributed by atoms with E-state index in [0.29, 0.717) is 24.2 Å². The first-order valence-corrected chi connectivity index (χ1v) is 7.85. The number of hydrogen-bond acceptors (Lipinski definition) is 6. The van der Waals surface area contributed by atoms with Gasteiger partial charge in [0.1, 0.15) is 17.8 Å². The number of carbonyl (C=O) groups is 3. The first-order valence-electron chi connectivity index (χ1n) is 7.85. The number of aromatic nitrogens is 1. The molecule has 0 radical (unpaired) electrons. The van der Waals surface area contributed by atoms with E-state index in [-0.39, 0.29) is 23.7 Å². The number of imide groups is 1. The molecule has 3 aliphatic rings. The van der Waals surface area contributed by atoms with Crippen molar-refractivity contribution in [2.24, 2.45) is 0 Å². The van der Waals surface area contributed by atoms with Crippen molar-refractivity contribution >= 4 is 23.7 Å². The molecule has 3 saturated heterocycles. The SMILES string of the molecule is COC(=O)N1C[C@H]2CC1[C@@H]1C(=O)N(c3cnc(C#N)c(C)c3)C(=O)N21. The summed E-state index contributed by atoms with van der Waals surface area (Å²) in [5.74, 6) is -0.378. The quantitative estimate of drug-likeness (QED) is 0.693. The highest BCUT2D eigenvalue weighted by atomic mass is 16.5. The Morgan fingerprint density at radius 3 is 2.84 bits per heavy atom. The average molecular weight is 341 g/mol. The minimum atomic E-state index is -0.693. The Morgan fingerprint density at radius 1 is 1.44 bits per heavy atom. The molecule has 0 N–H and O–H groups in total. The molecule has 3 fully saturated rings. The lowest BCUT2D eigenvalue weighted by molar-refractivity contribution is -0.121. The Labute approximate surface area is 143 Å². The van der Waals surface area contributed by atoms with Crippen molar-refractivity contribution in [3.05, 3.63) is 23.5 Å². The minimum absolute atomic E-state index is 0.192. The summed E-state index contributed by atoms with van der Waals surface area (Å²) in [6.45, 7) is 2.06. The number of nitriles is 1. The highest BCUT2D eigenvalue weighted by Crippen LogP contribution is 2.42. The number of likely N-dealkylation sites (tertiary alicyclic amines) is 1. The minimum Gasteiger partial charge on any atom is -0.453 e. The molecule has 9 heteroatoms. The molecule has 1 aromatic heterocycles. The second kappa shape index (κ2) is 5.17. The number of piperazine rings is 1. The van der Waals surface area contributed by atoms with Gasteiger partial charge in [-0.3, -0.25) is 4.79 Å². The molecule has 0 aliphatic carbocycles. The third-order valence-corrected chi connectivity index (χ3v) is 5.10. The standard InChI is InChI=1S/C16H15N5O4/c1-8-3-9(6-18-11(8)5-17)21-14(22)13-12-4-10(20(13)15(21)23)7-19(12)16(24)25-2/h3,6,10,12-13H,4,7H2,1-2H3/t10-,12?,13-/m1/s1. The summed E-state index contributed by atoms with van der Waals surface area (Å²) in [7, 11) is 1.30. The van der Waals surface area contributed by atoms with Crippen LogP contribution >= 0.6 is 0 Å². The molecule has 3 aliphatic heterocycles. The van der Waals surface area contributed by atoms with Gasteiger partial charge >= 0.3 is 12.1 Å². The van der Waals surface area contributed by atoms with Crippen LogP contribution in [-0.4, -0.2) is 64.6 Å². The molecule has 25 heavy (non-hydrogen) atoms. The topological polar surface area (TPSA) is 107 Å². The van der Waals surface area contributed by atoms with E-state index < -0.39 is 18.2 Å². The summed E-state index contributed by atoms with van der Waals surface area (Å²) in [6, 6.07) is 1.90. The largest absolute Gasteiger partial charge is 0.453 e. The fourth-order valence-electron chi connectivity index (χ4n) is 4.02. The first-order chi connectivity index (χ1) is 12.0. The maximum absolute atomic E-state index is 12.9. The number of urea groups is 1. The van der Waals surface area contributed by atoms with Gasteiger partial charge in [0, 0.05) is 6.54 Å². The number of pyridine rings is 1. The molecule has 0 aromatic carbocycles. The molecule has 4 heterocycles. The lowest BCUT2D eigenvalue weighted by Gasteiger charge is -2.33. The number of aryl methyl sites for hydroxylation is 1. The number of amides is 4. The molecule has 9 nitrogen and oxygen atoms in total. The van der Waals surface area contributed by atoms with Gasteiger partial charge in [0.15, 0.2) is 0 Å². The summed E-state index contributed by atoms with van der Waals surface area (Å²) >= 11 is 0. The van der Waals surface area contributed by atoms with Crippen LogP contribution in [-0.2, 0) is 9.53 Å². The van der Waals surface area contributed by atoms with E-state index in [1.165, 1.54) is 18.2 Å². The van der Waals surface area contributed by atoms with Crippen LogP contribution < -0.4 is 4.90 Å². The van der Waals surface area contributed by atoms with Crippen LogP contribution in [0.25, 0.3) is 0 Å². The van der Waals surface area contributed by atoms with E-state index in [1.54, 1.807) is 17.9 Å². The maximum Gasteiger partial charge on any atom is 0.409 e. The van der Waals surface area contributed by atoms with Crippen LogP contribution in [0.1, 0.15) is 17.7 Å². The van der Waals surface area contributed by atoms with Crippen LogP contribution in [0.4, 0.5) is 15.3 Å². The van der Waals surface area contributed by atoms with Crippen molar-refractivity contribution < 1.29 is 19.1 Å². The molecule has 3 atom stereocenters. The molecular formula is C16H15N5O4. The van der Waals surface area contributed by atoms with Crippen molar-refractivity contribution in [3.63, 3.8) is 0 Å². The van der Waals surface area contributed by atoms with Crippen LogP contribution in [0, 0.1) is 18.3 Å². The normalized spacial score (nSPS) is 26.9. The average Bonchev–Trinajstić information content (AvgIpc) is 3.26. The van der Waals surface area contributed by atoms with E-state index >= 15 is 0 Å². The molecule has 4 rings (SSSR count). The number of rotatable bonds is 1. The van der Waals surface area contributed by atoms with Crippen LogP contribution in [0.15, 0.2) is 12.3 Å². The zero-order valence-electron chi connectivity index (χ0n) is 13.7. The van der Waals surface area contributed by atoms with Gasteiger partial charge in [-0.15, -0.1) is 0 Å². The van der Waals surface area contributed by atoms with Crippen molar-refractivity contribution in [3.8, 4) is 6.07 Å². The van der Waals surface area contributed by atoms with Gasteiger partial charge in [0.25, 0.3) is 5.91 Å². The molecule has 0 saturated carbocycles. The number of anilines is 1. The number of methoxy groups -OCH3 is 1. The number of ether oxygens (including phenoxy) is 1. The second-order valence-electron chi connectivity index (χ2n) is 6.36. The third kappa shape index (κ3) is 1.94. The van der Waals surface area contributed by atoms with Crippen molar-refractivity contribution in [1.82, 2.24) is 14.8 Å². The maximum atomic E-state index is 12.9. The summed E-state index contributed by atoms with van der Waals surface area (Å²) in [5.41, 5.74) is 1.18. The fourth-order valence-corrected chi connectivity index (χ4v) is 4.02. The van der Waals surface area contributed by atoms with Crippen LogP contribution in [0.3, 0.4) is 0 Å². The zero-order valence-corrected chi connectivity index (χ0v) is 13.7. The van der Waals surface area contributed by atoms with Gasteiger partial charge < -0.3 is 14.5 Å². The van der Waals surface area contributed by atoms with Gasteiger partial charge in [0.05, 0.1) is 31.1 Å². The summed E-state index contributed by atoms with van der Waals surface area (Å²) in [6.07, 6.45) is 1.45. The molecule has 1 unspecified atom stereocenters. The zero-order chi connectivity index (χ0) is 17.9. The fraction of sp³-hybridized carbons (Fsp3) is 0.438. The lowest BCUT2D eigenvalue weighted by atomic mass is 10.1. The van der Waals surface area contributed by atoms with Gasteiger partial charge in [-0.25, -0.2) is 19.5 Å². The Hall–Kier alpha value is -3.15. The van der Waals surface area contributed by atoms with Crippen LogP contribution in [0.2, 0.25) is 0 Å². The Morgan fingerprint density at radius 2 is 2.20 bits per heavy atom. The van der Waals surface area contributed by atoms with Crippen LogP contribution in [0.5, 0.6) is 0 Å². The Balaban J connectivity index is 1.68. The summed E-state index contributed by atoms with van der Waals surface area (Å²) in [5, 5.41) is 8.97. The summed E-state index contributed by atoms with van der Waals surface area (Å²) in [4.78, 5) is 45.8. The number of nitrogens with zero attached hydrogens (tertiary/aromatic N) is 5. The van der Waals surface area contributed by atoms with Crippen molar-refractivity contribution in [1.29, 1.82) is 5.26 Å². The summed E-state index contributed by atoms with van der Waals surface area (Å²) < 4.78 is 4.77. The smallest absolute Gasteiger partial charge is 0.409 e. The van der Waals surface area contributed by atoms with E-state index in [9.17, 15) is 14.4 Å². The highest BCUT2D eigenvalue weighted by molar-refractivity contribution is 6.22. The van der Waals surface area contributed by atoms with Gasteiger partial charge in [-0.05, 0) is 25.0 Å². The number of hydrogen-bond donors (Lipinski definition) is 0. The first kappa shape index (κ1) is 15.4. The molecule has 4 amide bonds. The molecule has 1 aromatic rings. The van der Waals surface area contributed by atoms with Crippen molar-refractivity contribution in [2.45, 2.75) is 31.5 Å². The van der Waals surface area contributed by atoms with E-state index in [4.69, 9.17) is 10.00 Å². The molecule has 2 bridgehead atoms. The Kier molecular flexibility index (Phi) is 3.18. The lowest BCUT2D eigenvalue weighted by Crippen LogP contribution is -2.54. The predicted molar refractivity (Wildman–Crippen MR) is 83.5 cm³/mol. The number of carbonyl (C=O) groups excluding carboxylic acids is 3. The van der Waals surface area contributed by atoms with Gasteiger partial charge in [0.2, 0.25) is 0 Å². The van der Waals surface area contributed by atoms with E-state index in [2.05, 4.69) is 4.98 Å². The van der Waals surface area contributed by atoms with Gasteiger partial charge in [-0.1, -0.05) is 0 Å². The molecule has 0 spiro atoms. The monoisotopic (exact) mass is 341 g/mol.